The molecule has 1 aliphatic heterocycles. The summed E-state index contributed by atoms with van der Waals surface area (Å²) >= 11 is 0. The Morgan fingerprint density at radius 1 is 1.00 bits per heavy atom. The van der Waals surface area contributed by atoms with Gasteiger partial charge in [0.15, 0.2) is 0 Å². The van der Waals surface area contributed by atoms with Crippen LogP contribution in [-0.2, 0) is 6.54 Å². The van der Waals surface area contributed by atoms with Crippen LogP contribution in [0.2, 0.25) is 0 Å². The molecule has 0 N–H and O–H groups in total. The van der Waals surface area contributed by atoms with Crippen LogP contribution in [-0.4, -0.2) is 32.0 Å². The minimum Gasteiger partial charge on any atom is -0.356 e. The lowest BCUT2D eigenvalue weighted by atomic mass is 9.96. The normalized spacial score (nSPS) is 17.9. The van der Waals surface area contributed by atoms with Gasteiger partial charge in [-0.3, -0.25) is 18.6 Å². The van der Waals surface area contributed by atoms with Crippen LogP contribution >= 0.6 is 0 Å². The van der Waals surface area contributed by atoms with Gasteiger partial charge in [-0.2, -0.15) is 0 Å². The molecule has 7 heteroatoms. The topological polar surface area (TPSA) is 72.5 Å². The lowest BCUT2D eigenvalue weighted by Gasteiger charge is -2.33. The van der Waals surface area contributed by atoms with Gasteiger partial charge in [-0.15, -0.1) is 0 Å². The van der Waals surface area contributed by atoms with E-state index in [9.17, 15) is 9.59 Å². The van der Waals surface area contributed by atoms with Gasteiger partial charge >= 0.3 is 0 Å². The Labute approximate surface area is 162 Å². The molecule has 0 unspecified atom stereocenters. The van der Waals surface area contributed by atoms with E-state index in [0.717, 1.165) is 50.3 Å². The quantitative estimate of drug-likeness (QED) is 0.696. The molecule has 3 aromatic rings. The van der Waals surface area contributed by atoms with Crippen LogP contribution in [0.15, 0.2) is 52.4 Å². The van der Waals surface area contributed by atoms with Crippen LogP contribution in [0.5, 0.6) is 0 Å². The second kappa shape index (κ2) is 6.89. The largest absolute Gasteiger partial charge is 0.356 e. The van der Waals surface area contributed by atoms with Gasteiger partial charge in [0.05, 0.1) is 12.0 Å². The van der Waals surface area contributed by atoms with Gasteiger partial charge in [0.25, 0.3) is 11.1 Å². The van der Waals surface area contributed by atoms with Gasteiger partial charge in [-0.1, -0.05) is 6.07 Å². The second-order valence-corrected chi connectivity index (χ2v) is 7.89. The molecule has 0 amide bonds. The average Bonchev–Trinajstić information content (AvgIpc) is 3.55. The van der Waals surface area contributed by atoms with E-state index in [1.165, 1.54) is 0 Å². The highest BCUT2D eigenvalue weighted by atomic mass is 16.1. The summed E-state index contributed by atoms with van der Waals surface area (Å²) in [6.07, 6.45) is 7.69. The molecule has 3 aromatic heterocycles. The van der Waals surface area contributed by atoms with Crippen LogP contribution in [0.4, 0.5) is 5.82 Å². The maximum Gasteiger partial charge on any atom is 0.259 e. The summed E-state index contributed by atoms with van der Waals surface area (Å²) in [4.78, 5) is 36.0. The Hall–Kier alpha value is -2.96. The van der Waals surface area contributed by atoms with Crippen molar-refractivity contribution in [3.05, 3.63) is 69.3 Å². The van der Waals surface area contributed by atoms with Gasteiger partial charge in [-0.25, -0.2) is 9.97 Å². The Bertz CT molecular complexity index is 1120. The SMILES string of the molecule is O=c1cc(C2CC2)ncn1CC1CCN(c2cc(=O)n3ccccc3n2)CC1. The van der Waals surface area contributed by atoms with Crippen LogP contribution in [0, 0.1) is 5.92 Å². The van der Waals surface area contributed by atoms with Gasteiger partial charge in [0.1, 0.15) is 11.5 Å². The van der Waals surface area contributed by atoms with Crippen molar-refractivity contribution in [2.24, 2.45) is 5.92 Å². The van der Waals surface area contributed by atoms with E-state index in [2.05, 4.69) is 14.9 Å². The third-order valence-corrected chi connectivity index (χ3v) is 5.85. The molecule has 0 atom stereocenters. The summed E-state index contributed by atoms with van der Waals surface area (Å²) in [5.74, 6) is 1.68. The van der Waals surface area contributed by atoms with Crippen LogP contribution < -0.4 is 16.0 Å². The summed E-state index contributed by atoms with van der Waals surface area (Å²) in [6, 6.07) is 8.88. The molecule has 0 aromatic carbocycles. The first-order chi connectivity index (χ1) is 13.7. The Kier molecular flexibility index (Phi) is 4.22. The number of hydrogen-bond donors (Lipinski definition) is 0. The minimum atomic E-state index is -0.0592. The fraction of sp³-hybridized carbons (Fsp3) is 0.429. The molecule has 1 saturated heterocycles. The lowest BCUT2D eigenvalue weighted by Crippen LogP contribution is -2.37. The molecular formula is C21H23N5O2. The monoisotopic (exact) mass is 377 g/mol. The molecule has 5 rings (SSSR count). The summed E-state index contributed by atoms with van der Waals surface area (Å²) in [6.45, 7) is 2.38. The van der Waals surface area contributed by atoms with Crippen LogP contribution in [0.3, 0.4) is 0 Å². The van der Waals surface area contributed by atoms with Crippen molar-refractivity contribution in [2.45, 2.75) is 38.1 Å². The van der Waals surface area contributed by atoms with Crippen molar-refractivity contribution >= 4 is 11.5 Å². The van der Waals surface area contributed by atoms with Gasteiger partial charge in [0.2, 0.25) is 0 Å². The maximum absolute atomic E-state index is 12.4. The minimum absolute atomic E-state index is 0.0588. The molecule has 0 bridgehead atoms. The van der Waals surface area contributed by atoms with Gasteiger partial charge < -0.3 is 4.90 Å². The standard InChI is InChI=1S/C21H23N5O2/c27-20-11-17(16-4-5-16)22-14-25(20)13-15-6-9-24(10-7-15)19-12-21(28)26-8-2-1-3-18(26)23-19/h1-3,8,11-12,14-16H,4-7,9-10,13H2. The number of aromatic nitrogens is 4. The lowest BCUT2D eigenvalue weighted by molar-refractivity contribution is 0.350. The number of rotatable bonds is 4. The molecule has 2 aliphatic rings. The Balaban J connectivity index is 1.26. The Morgan fingerprint density at radius 3 is 2.57 bits per heavy atom. The predicted molar refractivity (Wildman–Crippen MR) is 107 cm³/mol. The van der Waals surface area contributed by atoms with E-state index >= 15 is 0 Å². The summed E-state index contributed by atoms with van der Waals surface area (Å²) in [5.41, 5.74) is 1.62. The molecule has 0 spiro atoms. The van der Waals surface area contributed by atoms with E-state index in [1.54, 1.807) is 33.6 Å². The van der Waals surface area contributed by atoms with E-state index in [4.69, 9.17) is 0 Å². The average molecular weight is 377 g/mol. The molecule has 1 aliphatic carbocycles. The third-order valence-electron chi connectivity index (χ3n) is 5.85. The molecule has 7 nitrogen and oxygen atoms in total. The van der Waals surface area contributed by atoms with Crippen LogP contribution in [0.25, 0.3) is 5.65 Å². The van der Waals surface area contributed by atoms with Crippen LogP contribution in [0.1, 0.15) is 37.3 Å². The zero-order valence-electron chi connectivity index (χ0n) is 15.7. The number of piperidine rings is 1. The fourth-order valence-electron chi connectivity index (χ4n) is 4.01. The van der Waals surface area contributed by atoms with Crippen molar-refractivity contribution < 1.29 is 0 Å². The zero-order valence-corrected chi connectivity index (χ0v) is 15.7. The van der Waals surface area contributed by atoms with Crippen molar-refractivity contribution in [1.29, 1.82) is 0 Å². The molecule has 1 saturated carbocycles. The highest BCUT2D eigenvalue weighted by Crippen LogP contribution is 2.38. The number of anilines is 1. The van der Waals surface area contributed by atoms with Gasteiger partial charge in [-0.05, 0) is 43.7 Å². The third kappa shape index (κ3) is 3.32. The Morgan fingerprint density at radius 2 is 1.82 bits per heavy atom. The predicted octanol–water partition coefficient (Wildman–Crippen LogP) is 2.05. The van der Waals surface area contributed by atoms with Crippen molar-refractivity contribution in [1.82, 2.24) is 18.9 Å². The van der Waals surface area contributed by atoms with E-state index in [0.29, 0.717) is 24.0 Å². The number of fused-ring (bicyclic) bond motifs is 1. The van der Waals surface area contributed by atoms with E-state index in [1.807, 2.05) is 18.2 Å². The van der Waals surface area contributed by atoms with Crippen molar-refractivity contribution in [3.63, 3.8) is 0 Å². The first-order valence-corrected chi connectivity index (χ1v) is 9.97. The summed E-state index contributed by atoms with van der Waals surface area (Å²) in [7, 11) is 0. The molecule has 0 radical (unpaired) electrons. The molecule has 2 fully saturated rings. The number of pyridine rings is 1. The van der Waals surface area contributed by atoms with Gasteiger partial charge in [0, 0.05) is 43.9 Å². The zero-order chi connectivity index (χ0) is 19.1. The maximum atomic E-state index is 12.4. The highest BCUT2D eigenvalue weighted by Gasteiger charge is 2.26. The first-order valence-electron chi connectivity index (χ1n) is 9.97. The number of hydrogen-bond acceptors (Lipinski definition) is 5. The molecule has 4 heterocycles. The first kappa shape index (κ1) is 17.2. The van der Waals surface area contributed by atoms with Crippen molar-refractivity contribution in [3.8, 4) is 0 Å². The number of nitrogens with zero attached hydrogens (tertiary/aromatic N) is 5. The smallest absolute Gasteiger partial charge is 0.259 e. The highest BCUT2D eigenvalue weighted by molar-refractivity contribution is 5.48. The summed E-state index contributed by atoms with van der Waals surface area (Å²) in [5, 5.41) is 0. The molecule has 28 heavy (non-hydrogen) atoms. The van der Waals surface area contributed by atoms with Crippen molar-refractivity contribution in [2.75, 3.05) is 18.0 Å². The van der Waals surface area contributed by atoms with E-state index < -0.39 is 0 Å². The molecular weight excluding hydrogens is 354 g/mol. The molecule has 144 valence electrons. The van der Waals surface area contributed by atoms with E-state index in [-0.39, 0.29) is 11.1 Å². The summed E-state index contributed by atoms with van der Waals surface area (Å²) < 4.78 is 3.30. The fourth-order valence-corrected chi connectivity index (χ4v) is 4.01. The second-order valence-electron chi connectivity index (χ2n) is 7.89.